The molecule has 3 amide bonds. The van der Waals surface area contributed by atoms with E-state index in [0.717, 1.165) is 23.9 Å². The Hall–Kier alpha value is -3.28. The van der Waals surface area contributed by atoms with Gasteiger partial charge in [0.05, 0.1) is 5.56 Å². The summed E-state index contributed by atoms with van der Waals surface area (Å²) in [5.74, 6) is -0.396. The molecule has 6 nitrogen and oxygen atoms in total. The molecule has 0 atom stereocenters. The molecule has 0 unspecified atom stereocenters. The van der Waals surface area contributed by atoms with Gasteiger partial charge in [-0.05, 0) is 30.0 Å². The zero-order valence-corrected chi connectivity index (χ0v) is 13.0. The average molecular weight is 322 g/mol. The maximum absolute atomic E-state index is 11.7. The molecule has 6 N–H and O–H groups in total. The number of urea groups is 1. The number of anilines is 1. The summed E-state index contributed by atoms with van der Waals surface area (Å²) in [5, 5.41) is 3.07. The first-order valence-corrected chi connectivity index (χ1v) is 7.59. The predicted octanol–water partition coefficient (Wildman–Crippen LogP) is 2.54. The van der Waals surface area contributed by atoms with E-state index in [1.807, 2.05) is 36.4 Å². The van der Waals surface area contributed by atoms with Crippen molar-refractivity contribution in [3.8, 4) is 0 Å². The van der Waals surface area contributed by atoms with Crippen LogP contribution in [0.3, 0.4) is 0 Å². The van der Waals surface area contributed by atoms with Gasteiger partial charge < -0.3 is 16.5 Å². The average Bonchev–Trinajstić information content (AvgIpc) is 2.90. The van der Waals surface area contributed by atoms with E-state index >= 15 is 0 Å². The molecule has 1 heterocycles. The van der Waals surface area contributed by atoms with Gasteiger partial charge in [0.1, 0.15) is 5.82 Å². The third-order valence-corrected chi connectivity index (χ3v) is 3.90. The van der Waals surface area contributed by atoms with Crippen LogP contribution in [0.5, 0.6) is 0 Å². The molecule has 3 rings (SSSR count). The van der Waals surface area contributed by atoms with Crippen molar-refractivity contribution in [2.24, 2.45) is 11.5 Å². The molecule has 0 spiro atoms. The van der Waals surface area contributed by atoms with Crippen molar-refractivity contribution in [1.29, 1.82) is 0 Å². The number of nitrogens with two attached hydrogens (primary N) is 2. The fourth-order valence-electron chi connectivity index (χ4n) is 2.81. The van der Waals surface area contributed by atoms with Crippen molar-refractivity contribution < 1.29 is 9.59 Å². The summed E-state index contributed by atoms with van der Waals surface area (Å²) in [6.45, 7) is 0. The number of rotatable bonds is 5. The van der Waals surface area contributed by atoms with E-state index < -0.39 is 11.9 Å². The van der Waals surface area contributed by atoms with Crippen molar-refractivity contribution in [2.75, 3.05) is 5.32 Å². The van der Waals surface area contributed by atoms with Crippen molar-refractivity contribution >= 4 is 28.7 Å². The number of nitrogens with one attached hydrogen (secondary N) is 2. The van der Waals surface area contributed by atoms with Crippen molar-refractivity contribution in [1.82, 2.24) is 4.98 Å². The molecule has 0 saturated carbocycles. The first kappa shape index (κ1) is 15.6. The second-order valence-electron chi connectivity index (χ2n) is 5.59. The lowest BCUT2D eigenvalue weighted by molar-refractivity contribution is 0.100. The molecule has 24 heavy (non-hydrogen) atoms. The minimum atomic E-state index is -0.756. The van der Waals surface area contributed by atoms with E-state index in [1.54, 1.807) is 0 Å². The topological polar surface area (TPSA) is 114 Å². The van der Waals surface area contributed by atoms with Crippen LogP contribution in [0.15, 0.2) is 48.5 Å². The van der Waals surface area contributed by atoms with Crippen molar-refractivity contribution in [3.05, 3.63) is 65.2 Å². The number of fused-ring (bicyclic) bond motifs is 1. The summed E-state index contributed by atoms with van der Waals surface area (Å²) in [5.41, 5.74) is 13.9. The summed E-state index contributed by atoms with van der Waals surface area (Å²) in [4.78, 5) is 25.8. The lowest BCUT2D eigenvalue weighted by Crippen LogP contribution is -2.22. The summed E-state index contributed by atoms with van der Waals surface area (Å²) < 4.78 is 0. The zero-order valence-electron chi connectivity index (χ0n) is 13.0. The first-order valence-electron chi connectivity index (χ1n) is 7.59. The maximum atomic E-state index is 11.7. The normalized spacial score (nSPS) is 10.7. The van der Waals surface area contributed by atoms with Gasteiger partial charge in [0.25, 0.3) is 5.91 Å². The van der Waals surface area contributed by atoms with E-state index in [1.165, 1.54) is 5.56 Å². The minimum absolute atomic E-state index is 0.227. The Bertz CT molecular complexity index is 900. The van der Waals surface area contributed by atoms with Crippen LogP contribution < -0.4 is 16.8 Å². The summed E-state index contributed by atoms with van der Waals surface area (Å²) in [7, 11) is 0. The third-order valence-electron chi connectivity index (χ3n) is 3.90. The molecular weight excluding hydrogens is 304 g/mol. The second-order valence-corrected chi connectivity index (χ2v) is 5.59. The molecule has 0 bridgehead atoms. The number of aromatic nitrogens is 1. The number of benzene rings is 2. The Balaban J connectivity index is 1.90. The maximum Gasteiger partial charge on any atom is 0.317 e. The Morgan fingerprint density at radius 1 is 0.958 bits per heavy atom. The molecule has 0 radical (unpaired) electrons. The van der Waals surface area contributed by atoms with E-state index in [0.29, 0.717) is 5.39 Å². The molecule has 122 valence electrons. The Labute approximate surface area is 138 Å². The number of hydrogen-bond donors (Lipinski definition) is 4. The molecule has 0 aliphatic rings. The van der Waals surface area contributed by atoms with E-state index in [-0.39, 0.29) is 11.4 Å². The summed E-state index contributed by atoms with van der Waals surface area (Å²) in [6.07, 6.45) is 1.78. The molecule has 3 aromatic rings. The number of H-pyrrole nitrogens is 1. The van der Waals surface area contributed by atoms with Crippen LogP contribution in [-0.4, -0.2) is 16.9 Å². The molecule has 6 heteroatoms. The molecule has 0 fully saturated rings. The number of carbonyl (C=O) groups is 2. The van der Waals surface area contributed by atoms with Crippen LogP contribution in [0.2, 0.25) is 0 Å². The van der Waals surface area contributed by atoms with Gasteiger partial charge in [-0.3, -0.25) is 10.1 Å². The highest BCUT2D eigenvalue weighted by molar-refractivity contribution is 6.12. The van der Waals surface area contributed by atoms with Gasteiger partial charge in [0.2, 0.25) is 0 Å². The number of hydrogen-bond acceptors (Lipinski definition) is 2. The van der Waals surface area contributed by atoms with E-state index in [2.05, 4.69) is 22.4 Å². The minimum Gasteiger partial charge on any atom is -0.365 e. The van der Waals surface area contributed by atoms with Gasteiger partial charge in [-0.1, -0.05) is 42.5 Å². The van der Waals surface area contributed by atoms with Gasteiger partial charge >= 0.3 is 6.03 Å². The Morgan fingerprint density at radius 3 is 2.33 bits per heavy atom. The van der Waals surface area contributed by atoms with E-state index in [9.17, 15) is 9.59 Å². The molecular formula is C18H18N4O2. The van der Waals surface area contributed by atoms with Gasteiger partial charge in [-0.2, -0.15) is 0 Å². The Morgan fingerprint density at radius 2 is 1.67 bits per heavy atom. The van der Waals surface area contributed by atoms with Crippen LogP contribution in [0.1, 0.15) is 21.5 Å². The van der Waals surface area contributed by atoms with Gasteiger partial charge in [0, 0.05) is 10.9 Å². The highest BCUT2D eigenvalue weighted by Gasteiger charge is 2.17. The summed E-state index contributed by atoms with van der Waals surface area (Å²) in [6, 6.07) is 15.2. The van der Waals surface area contributed by atoms with E-state index in [4.69, 9.17) is 11.5 Å². The fraction of sp³-hybridized carbons (Fsp3) is 0.111. The molecule has 1 aromatic heterocycles. The number of primary amides is 2. The predicted molar refractivity (Wildman–Crippen MR) is 93.9 cm³/mol. The number of amides is 3. The summed E-state index contributed by atoms with van der Waals surface area (Å²) >= 11 is 0. The van der Waals surface area contributed by atoms with Crippen LogP contribution >= 0.6 is 0 Å². The third kappa shape index (κ3) is 3.22. The second kappa shape index (κ2) is 6.45. The van der Waals surface area contributed by atoms with Gasteiger partial charge in [-0.15, -0.1) is 0 Å². The monoisotopic (exact) mass is 322 g/mol. The van der Waals surface area contributed by atoms with Crippen LogP contribution in [0.4, 0.5) is 10.6 Å². The van der Waals surface area contributed by atoms with Crippen LogP contribution in [0.25, 0.3) is 10.9 Å². The fourth-order valence-corrected chi connectivity index (χ4v) is 2.81. The van der Waals surface area contributed by atoms with Gasteiger partial charge in [-0.25, -0.2) is 4.79 Å². The highest BCUT2D eigenvalue weighted by atomic mass is 16.2. The van der Waals surface area contributed by atoms with Crippen molar-refractivity contribution in [3.63, 3.8) is 0 Å². The van der Waals surface area contributed by atoms with Gasteiger partial charge in [0.15, 0.2) is 0 Å². The lowest BCUT2D eigenvalue weighted by Gasteiger charge is -2.03. The molecule has 0 aliphatic heterocycles. The standard InChI is InChI=1S/C18H18N4O2/c19-16(23)15-13-9-8-12(7-6-11-4-2-1-3-5-11)10-14(13)21-17(15)22-18(20)24/h1-5,8-10,21H,6-7H2,(H2,19,23)(H3,20,22,24). The van der Waals surface area contributed by atoms with Crippen LogP contribution in [-0.2, 0) is 12.8 Å². The SMILES string of the molecule is NC(=O)Nc1[nH]c2cc(CCc3ccccc3)ccc2c1C(N)=O. The smallest absolute Gasteiger partial charge is 0.317 e. The number of aryl methyl sites for hydroxylation is 2. The lowest BCUT2D eigenvalue weighted by atomic mass is 10.0. The molecule has 0 aliphatic carbocycles. The molecule has 0 saturated heterocycles. The molecule has 2 aromatic carbocycles. The van der Waals surface area contributed by atoms with Crippen LogP contribution in [0, 0.1) is 0 Å². The first-order chi connectivity index (χ1) is 11.5. The number of aromatic amines is 1. The quantitative estimate of drug-likeness (QED) is 0.578. The zero-order chi connectivity index (χ0) is 17.1. The highest BCUT2D eigenvalue weighted by Crippen LogP contribution is 2.27. The largest absolute Gasteiger partial charge is 0.365 e. The number of carbonyl (C=O) groups excluding carboxylic acids is 2. The Kier molecular flexibility index (Phi) is 4.20. The van der Waals surface area contributed by atoms with Crippen molar-refractivity contribution in [2.45, 2.75) is 12.8 Å².